The fraction of sp³-hybridized carbons (Fsp3) is 0.161. The summed E-state index contributed by atoms with van der Waals surface area (Å²) >= 11 is 6.18. The summed E-state index contributed by atoms with van der Waals surface area (Å²) < 4.78 is 43.6. The van der Waals surface area contributed by atoms with Gasteiger partial charge >= 0.3 is 18.1 Å². The number of aromatic carboxylic acids is 1. The molecule has 0 aliphatic heterocycles. The quantitative estimate of drug-likeness (QED) is 0.0815. The predicted octanol–water partition coefficient (Wildman–Crippen LogP) is 7.29. The fourth-order valence-electron chi connectivity index (χ4n) is 4.11. The number of alkyl halides is 3. The Morgan fingerprint density at radius 2 is 1.43 bits per heavy atom. The molecular weight excluding hydrogens is 573 g/mol. The van der Waals surface area contributed by atoms with Gasteiger partial charge in [0.25, 0.3) is 0 Å². The Morgan fingerprint density at radius 1 is 0.810 bits per heavy atom. The zero-order chi connectivity index (χ0) is 30.3. The van der Waals surface area contributed by atoms with Gasteiger partial charge in [-0.15, -0.1) is 0 Å². The maximum atomic E-state index is 12.9. The minimum absolute atomic E-state index is 0.159. The van der Waals surface area contributed by atoms with Crippen LogP contribution in [0.15, 0.2) is 84.9 Å². The number of hydrogen-bond acceptors (Lipinski definition) is 6. The number of rotatable bonds is 11. The minimum atomic E-state index is -4.41. The van der Waals surface area contributed by atoms with E-state index in [0.717, 1.165) is 17.7 Å². The molecule has 11 heteroatoms. The third-order valence-corrected chi connectivity index (χ3v) is 6.70. The Balaban J connectivity index is 1.38. The van der Waals surface area contributed by atoms with Crippen LogP contribution in [0.3, 0.4) is 0 Å². The summed E-state index contributed by atoms with van der Waals surface area (Å²) in [4.78, 5) is 24.8. The maximum Gasteiger partial charge on any atom is 0.416 e. The highest BCUT2D eigenvalue weighted by Crippen LogP contribution is 2.30. The smallest absolute Gasteiger partial charge is 0.416 e. The van der Waals surface area contributed by atoms with Crippen LogP contribution in [0.1, 0.15) is 37.4 Å². The van der Waals surface area contributed by atoms with Crippen LogP contribution in [0.4, 0.5) is 24.5 Å². The highest BCUT2D eigenvalue weighted by molar-refractivity contribution is 6.31. The number of esters is 1. The third kappa shape index (κ3) is 7.94. The van der Waals surface area contributed by atoms with Gasteiger partial charge in [0.1, 0.15) is 22.6 Å². The standard InChI is InChI=1S/C31H26ClF3N2O5/c32-26-4-2-1-3-20(26)14-16-37-22-9-11-27(38)24(17-22)30(41)42-28-12-10-23(18-25(28)29(39)40)36-15-13-19-5-7-21(8-6-19)31(33,34)35/h1-12,17-18,36-38H,13-16H2,(H,39,40). The van der Waals surface area contributed by atoms with E-state index in [1.165, 1.54) is 42.5 Å². The summed E-state index contributed by atoms with van der Waals surface area (Å²) in [5.41, 5.74) is 1.37. The normalized spacial score (nSPS) is 11.1. The number of anilines is 2. The molecule has 42 heavy (non-hydrogen) atoms. The van der Waals surface area contributed by atoms with E-state index in [0.29, 0.717) is 47.9 Å². The summed E-state index contributed by atoms with van der Waals surface area (Å²) in [6.45, 7) is 0.813. The van der Waals surface area contributed by atoms with E-state index in [1.54, 1.807) is 12.1 Å². The molecule has 0 amide bonds. The van der Waals surface area contributed by atoms with Crippen molar-refractivity contribution in [1.82, 2.24) is 0 Å². The van der Waals surface area contributed by atoms with Gasteiger partial charge in [0.15, 0.2) is 0 Å². The van der Waals surface area contributed by atoms with Crippen molar-refractivity contribution < 1.29 is 37.7 Å². The Hall–Kier alpha value is -4.70. The Morgan fingerprint density at radius 3 is 2.07 bits per heavy atom. The van der Waals surface area contributed by atoms with Crippen molar-refractivity contribution in [2.45, 2.75) is 19.0 Å². The van der Waals surface area contributed by atoms with E-state index >= 15 is 0 Å². The topological polar surface area (TPSA) is 108 Å². The molecule has 0 heterocycles. The lowest BCUT2D eigenvalue weighted by Gasteiger charge is -2.13. The number of halogens is 4. The second-order valence-electron chi connectivity index (χ2n) is 9.28. The summed E-state index contributed by atoms with van der Waals surface area (Å²) in [6, 6.07) is 20.6. The molecule has 0 aliphatic carbocycles. The molecule has 0 saturated carbocycles. The third-order valence-electron chi connectivity index (χ3n) is 6.33. The van der Waals surface area contributed by atoms with Gasteiger partial charge in [-0.25, -0.2) is 9.59 Å². The molecular formula is C31H26ClF3N2O5. The van der Waals surface area contributed by atoms with Crippen LogP contribution >= 0.6 is 11.6 Å². The van der Waals surface area contributed by atoms with E-state index < -0.39 is 23.7 Å². The van der Waals surface area contributed by atoms with Gasteiger partial charge in [-0.2, -0.15) is 13.2 Å². The lowest BCUT2D eigenvalue weighted by Crippen LogP contribution is -2.13. The first-order chi connectivity index (χ1) is 20.0. The number of phenols is 1. The lowest BCUT2D eigenvalue weighted by molar-refractivity contribution is -0.137. The summed E-state index contributed by atoms with van der Waals surface area (Å²) in [5.74, 6) is -2.86. The Kier molecular flexibility index (Phi) is 9.59. The number of nitrogens with one attached hydrogen (secondary N) is 2. The molecule has 0 bridgehead atoms. The zero-order valence-electron chi connectivity index (χ0n) is 22.0. The number of ether oxygens (including phenoxy) is 1. The van der Waals surface area contributed by atoms with E-state index in [9.17, 15) is 33.0 Å². The van der Waals surface area contributed by atoms with Gasteiger partial charge in [0.05, 0.1) is 5.56 Å². The zero-order valence-corrected chi connectivity index (χ0v) is 22.8. The largest absolute Gasteiger partial charge is 0.507 e. The predicted molar refractivity (Wildman–Crippen MR) is 154 cm³/mol. The highest BCUT2D eigenvalue weighted by atomic mass is 35.5. The summed E-state index contributed by atoms with van der Waals surface area (Å²) in [6.07, 6.45) is -3.41. The molecule has 4 aromatic rings. The molecule has 218 valence electrons. The monoisotopic (exact) mass is 598 g/mol. The average molecular weight is 599 g/mol. The molecule has 0 unspecified atom stereocenters. The summed E-state index contributed by atoms with van der Waals surface area (Å²) in [5, 5.41) is 26.8. The van der Waals surface area contributed by atoms with E-state index in [1.807, 2.05) is 18.2 Å². The second kappa shape index (κ2) is 13.3. The first kappa shape index (κ1) is 30.3. The maximum absolute atomic E-state index is 12.9. The van der Waals surface area contributed by atoms with Crippen molar-refractivity contribution in [3.8, 4) is 11.5 Å². The molecule has 0 fully saturated rings. The second-order valence-corrected chi connectivity index (χ2v) is 9.68. The first-order valence-electron chi connectivity index (χ1n) is 12.8. The van der Waals surface area contributed by atoms with Crippen molar-refractivity contribution in [2.24, 2.45) is 0 Å². The van der Waals surface area contributed by atoms with E-state index in [2.05, 4.69) is 10.6 Å². The highest BCUT2D eigenvalue weighted by Gasteiger charge is 2.29. The molecule has 0 radical (unpaired) electrons. The van der Waals surface area contributed by atoms with Gasteiger partial charge in [0, 0.05) is 29.5 Å². The van der Waals surface area contributed by atoms with Gasteiger partial charge in [-0.3, -0.25) is 0 Å². The van der Waals surface area contributed by atoms with Crippen LogP contribution in [-0.4, -0.2) is 35.2 Å². The summed E-state index contributed by atoms with van der Waals surface area (Å²) in [7, 11) is 0. The Bertz CT molecular complexity index is 1580. The molecule has 0 atom stereocenters. The number of carboxylic acids is 1. The van der Waals surface area contributed by atoms with E-state index in [-0.39, 0.29) is 22.6 Å². The number of hydrogen-bond donors (Lipinski definition) is 4. The van der Waals surface area contributed by atoms with Crippen molar-refractivity contribution in [1.29, 1.82) is 0 Å². The van der Waals surface area contributed by atoms with Gasteiger partial charge in [-0.05, 0) is 78.6 Å². The first-order valence-corrected chi connectivity index (χ1v) is 13.2. The number of carboxylic acid groups (broad SMARTS) is 1. The van der Waals surface area contributed by atoms with Crippen LogP contribution in [0.2, 0.25) is 5.02 Å². The lowest BCUT2D eigenvalue weighted by atomic mass is 10.1. The molecule has 4 rings (SSSR count). The van der Waals surface area contributed by atoms with E-state index in [4.69, 9.17) is 16.3 Å². The number of carbonyl (C=O) groups excluding carboxylic acids is 1. The number of carbonyl (C=O) groups is 2. The average Bonchev–Trinajstić information content (AvgIpc) is 2.95. The van der Waals surface area contributed by atoms with Crippen molar-refractivity contribution in [2.75, 3.05) is 23.7 Å². The number of benzene rings is 4. The molecule has 4 N–H and O–H groups in total. The molecule has 0 saturated heterocycles. The van der Waals surface area contributed by atoms with Crippen molar-refractivity contribution in [3.05, 3.63) is 118 Å². The molecule has 0 aromatic heterocycles. The molecule has 0 spiro atoms. The van der Waals surface area contributed by atoms with Crippen LogP contribution in [0.5, 0.6) is 11.5 Å². The number of aromatic hydroxyl groups is 1. The van der Waals surface area contributed by atoms with Gasteiger partial charge < -0.3 is 25.6 Å². The van der Waals surface area contributed by atoms with Gasteiger partial charge in [0.2, 0.25) is 0 Å². The molecule has 0 aliphatic rings. The fourth-order valence-corrected chi connectivity index (χ4v) is 4.34. The minimum Gasteiger partial charge on any atom is -0.507 e. The van der Waals surface area contributed by atoms with Crippen molar-refractivity contribution >= 4 is 34.9 Å². The SMILES string of the molecule is O=C(Oc1ccc(NCCc2ccc(C(F)(F)F)cc2)cc1C(=O)O)c1cc(NCCc2ccccc2Cl)ccc1O. The van der Waals surface area contributed by atoms with Gasteiger partial charge in [-0.1, -0.05) is 41.9 Å². The Labute approximate surface area is 244 Å². The number of phenolic OH excluding ortho intramolecular Hbond substituents is 1. The van der Waals surface area contributed by atoms with Crippen molar-refractivity contribution in [3.63, 3.8) is 0 Å². The van der Waals surface area contributed by atoms with Crippen LogP contribution in [-0.2, 0) is 19.0 Å². The van der Waals surface area contributed by atoms with Crippen LogP contribution < -0.4 is 15.4 Å². The molecule has 7 nitrogen and oxygen atoms in total. The van der Waals surface area contributed by atoms with Crippen LogP contribution in [0, 0.1) is 0 Å². The molecule has 4 aromatic carbocycles. The van der Waals surface area contributed by atoms with Crippen LogP contribution in [0.25, 0.3) is 0 Å².